The molecule has 0 aliphatic rings. The lowest BCUT2D eigenvalue weighted by Crippen LogP contribution is -2.43. The highest BCUT2D eigenvalue weighted by Gasteiger charge is 2.19. The molecule has 92 valence electrons. The summed E-state index contributed by atoms with van der Waals surface area (Å²) in [6.45, 7) is -0.697. The van der Waals surface area contributed by atoms with Crippen LogP contribution in [0.4, 0.5) is 5.69 Å². The first-order chi connectivity index (χ1) is 7.93. The van der Waals surface area contributed by atoms with Gasteiger partial charge in [0.2, 0.25) is 0 Å². The molecular formula is C10H11ClN2O4. The molecule has 0 spiro atoms. The van der Waals surface area contributed by atoms with Crippen molar-refractivity contribution in [3.05, 3.63) is 28.8 Å². The highest BCUT2D eigenvalue weighted by Crippen LogP contribution is 2.16. The van der Waals surface area contributed by atoms with Crippen molar-refractivity contribution in [2.75, 3.05) is 12.3 Å². The van der Waals surface area contributed by atoms with Crippen LogP contribution in [-0.2, 0) is 4.79 Å². The number of halogens is 1. The Kier molecular flexibility index (Phi) is 4.30. The standard InChI is InChI=1S/C10H11ClN2O4/c11-6-1-5(2-7(12)3-6)9(15)13-8(4-14)10(16)17/h1-3,8,14H,4,12H2,(H,13,15)(H,16,17). The van der Waals surface area contributed by atoms with E-state index in [2.05, 4.69) is 5.32 Å². The van der Waals surface area contributed by atoms with Crippen LogP contribution < -0.4 is 11.1 Å². The Balaban J connectivity index is 2.86. The number of nitrogens with one attached hydrogen (secondary N) is 1. The topological polar surface area (TPSA) is 113 Å². The van der Waals surface area contributed by atoms with Crippen LogP contribution >= 0.6 is 11.6 Å². The van der Waals surface area contributed by atoms with Crippen LogP contribution in [0.1, 0.15) is 10.4 Å². The zero-order chi connectivity index (χ0) is 13.0. The summed E-state index contributed by atoms with van der Waals surface area (Å²) in [4.78, 5) is 22.2. The van der Waals surface area contributed by atoms with Gasteiger partial charge in [0.1, 0.15) is 0 Å². The number of aliphatic hydroxyl groups is 1. The highest BCUT2D eigenvalue weighted by atomic mass is 35.5. The molecule has 1 atom stereocenters. The molecule has 7 heteroatoms. The van der Waals surface area contributed by atoms with Gasteiger partial charge >= 0.3 is 5.97 Å². The van der Waals surface area contributed by atoms with Gasteiger partial charge in [-0.05, 0) is 18.2 Å². The normalized spacial score (nSPS) is 11.9. The van der Waals surface area contributed by atoms with Crippen molar-refractivity contribution in [2.24, 2.45) is 0 Å². The maximum absolute atomic E-state index is 11.6. The second-order valence-electron chi connectivity index (χ2n) is 3.32. The molecule has 0 fully saturated rings. The van der Waals surface area contributed by atoms with Crippen molar-refractivity contribution in [3.8, 4) is 0 Å². The molecule has 1 aromatic rings. The van der Waals surface area contributed by atoms with Gasteiger partial charge in [0.25, 0.3) is 5.91 Å². The van der Waals surface area contributed by atoms with E-state index in [9.17, 15) is 9.59 Å². The molecule has 0 aliphatic heterocycles. The predicted octanol–water partition coefficient (Wildman–Crippen LogP) is 0.0975. The van der Waals surface area contributed by atoms with Crippen molar-refractivity contribution >= 4 is 29.2 Å². The number of nitrogen functional groups attached to an aromatic ring is 1. The Morgan fingerprint density at radius 1 is 1.41 bits per heavy atom. The molecule has 1 rings (SSSR count). The quantitative estimate of drug-likeness (QED) is 0.572. The van der Waals surface area contributed by atoms with Crippen LogP contribution in [0.5, 0.6) is 0 Å². The number of nitrogens with two attached hydrogens (primary N) is 1. The first-order valence-electron chi connectivity index (χ1n) is 4.64. The van der Waals surface area contributed by atoms with Crippen LogP contribution in [0.2, 0.25) is 5.02 Å². The number of aliphatic carboxylic acids is 1. The molecule has 0 aliphatic carbocycles. The number of carboxylic acids is 1. The molecule has 1 amide bonds. The van der Waals surface area contributed by atoms with Gasteiger partial charge in [0.05, 0.1) is 6.61 Å². The van der Waals surface area contributed by atoms with E-state index in [0.717, 1.165) is 0 Å². The Bertz CT molecular complexity index is 430. The summed E-state index contributed by atoms with van der Waals surface area (Å²) in [6.07, 6.45) is 0. The fraction of sp³-hybridized carbons (Fsp3) is 0.200. The van der Waals surface area contributed by atoms with Gasteiger partial charge in [0, 0.05) is 16.3 Å². The molecule has 0 radical (unpaired) electrons. The van der Waals surface area contributed by atoms with E-state index in [1.807, 2.05) is 0 Å². The maximum Gasteiger partial charge on any atom is 0.328 e. The van der Waals surface area contributed by atoms with Crippen molar-refractivity contribution in [3.63, 3.8) is 0 Å². The number of anilines is 1. The zero-order valence-electron chi connectivity index (χ0n) is 8.68. The van der Waals surface area contributed by atoms with Crippen LogP contribution in [0.3, 0.4) is 0 Å². The molecule has 0 saturated heterocycles. The Morgan fingerprint density at radius 2 is 2.06 bits per heavy atom. The first-order valence-corrected chi connectivity index (χ1v) is 5.02. The number of benzene rings is 1. The number of carbonyl (C=O) groups excluding carboxylic acids is 1. The van der Waals surface area contributed by atoms with Crippen LogP contribution in [-0.4, -0.2) is 34.7 Å². The van der Waals surface area contributed by atoms with E-state index in [4.69, 9.17) is 27.5 Å². The first kappa shape index (κ1) is 13.3. The van der Waals surface area contributed by atoms with Gasteiger partial charge in [-0.3, -0.25) is 4.79 Å². The van der Waals surface area contributed by atoms with Gasteiger partial charge < -0.3 is 21.3 Å². The Labute approximate surface area is 102 Å². The summed E-state index contributed by atoms with van der Waals surface area (Å²) in [7, 11) is 0. The zero-order valence-corrected chi connectivity index (χ0v) is 9.44. The molecule has 6 nitrogen and oxygen atoms in total. The number of aliphatic hydroxyl groups excluding tert-OH is 1. The van der Waals surface area contributed by atoms with E-state index >= 15 is 0 Å². The SMILES string of the molecule is Nc1cc(Cl)cc(C(=O)NC(CO)C(=O)O)c1. The number of carboxylic acid groups (broad SMARTS) is 1. The summed E-state index contributed by atoms with van der Waals surface area (Å²) in [5, 5.41) is 19.8. The van der Waals surface area contributed by atoms with Crippen LogP contribution in [0.25, 0.3) is 0 Å². The van der Waals surface area contributed by atoms with Crippen LogP contribution in [0, 0.1) is 0 Å². The minimum atomic E-state index is -1.36. The van der Waals surface area contributed by atoms with Gasteiger partial charge in [-0.25, -0.2) is 4.79 Å². The Morgan fingerprint density at radius 3 is 2.53 bits per heavy atom. The average molecular weight is 259 g/mol. The van der Waals surface area contributed by atoms with Crippen LogP contribution in [0.15, 0.2) is 18.2 Å². The number of amides is 1. The van der Waals surface area contributed by atoms with Gasteiger partial charge in [0.15, 0.2) is 6.04 Å². The van der Waals surface area contributed by atoms with E-state index in [1.165, 1.54) is 18.2 Å². The highest BCUT2D eigenvalue weighted by molar-refractivity contribution is 6.31. The van der Waals surface area contributed by atoms with Crippen molar-refractivity contribution < 1.29 is 19.8 Å². The smallest absolute Gasteiger partial charge is 0.328 e. The average Bonchev–Trinajstić information content (AvgIpc) is 2.23. The fourth-order valence-electron chi connectivity index (χ4n) is 1.17. The summed E-state index contributed by atoms with van der Waals surface area (Å²) < 4.78 is 0. The number of hydrogen-bond acceptors (Lipinski definition) is 4. The second kappa shape index (κ2) is 5.51. The minimum absolute atomic E-state index is 0.134. The number of carbonyl (C=O) groups is 2. The lowest BCUT2D eigenvalue weighted by atomic mass is 10.1. The maximum atomic E-state index is 11.6. The van der Waals surface area contributed by atoms with E-state index in [0.29, 0.717) is 5.69 Å². The molecule has 0 aromatic heterocycles. The summed E-state index contributed by atoms with van der Waals surface area (Å²) in [5.41, 5.74) is 5.91. The van der Waals surface area contributed by atoms with Gasteiger partial charge in [-0.2, -0.15) is 0 Å². The molecule has 17 heavy (non-hydrogen) atoms. The largest absolute Gasteiger partial charge is 0.480 e. The molecule has 5 N–H and O–H groups in total. The molecule has 1 unspecified atom stereocenters. The fourth-order valence-corrected chi connectivity index (χ4v) is 1.41. The third kappa shape index (κ3) is 3.61. The molecule has 0 heterocycles. The summed E-state index contributed by atoms with van der Waals surface area (Å²) in [5.74, 6) is -1.99. The van der Waals surface area contributed by atoms with E-state index in [-0.39, 0.29) is 10.6 Å². The van der Waals surface area contributed by atoms with E-state index < -0.39 is 24.5 Å². The lowest BCUT2D eigenvalue weighted by molar-refractivity contribution is -0.140. The minimum Gasteiger partial charge on any atom is -0.480 e. The van der Waals surface area contributed by atoms with Crippen molar-refractivity contribution in [1.29, 1.82) is 0 Å². The molecular weight excluding hydrogens is 248 g/mol. The number of rotatable bonds is 4. The van der Waals surface area contributed by atoms with Gasteiger partial charge in [-0.1, -0.05) is 11.6 Å². The predicted molar refractivity (Wildman–Crippen MR) is 61.8 cm³/mol. The van der Waals surface area contributed by atoms with E-state index in [1.54, 1.807) is 0 Å². The van der Waals surface area contributed by atoms with Gasteiger partial charge in [-0.15, -0.1) is 0 Å². The summed E-state index contributed by atoms with van der Waals surface area (Å²) in [6, 6.07) is 2.81. The third-order valence-corrected chi connectivity index (χ3v) is 2.19. The molecule has 0 saturated carbocycles. The second-order valence-corrected chi connectivity index (χ2v) is 3.76. The third-order valence-electron chi connectivity index (χ3n) is 1.97. The molecule has 1 aromatic carbocycles. The van der Waals surface area contributed by atoms with Crippen molar-refractivity contribution in [1.82, 2.24) is 5.32 Å². The Hall–Kier alpha value is -1.79. The monoisotopic (exact) mass is 258 g/mol. The van der Waals surface area contributed by atoms with Crippen molar-refractivity contribution in [2.45, 2.75) is 6.04 Å². The lowest BCUT2D eigenvalue weighted by Gasteiger charge is -2.12. The number of hydrogen-bond donors (Lipinski definition) is 4. The summed E-state index contributed by atoms with van der Waals surface area (Å²) >= 11 is 5.70. The molecule has 0 bridgehead atoms.